The van der Waals surface area contributed by atoms with E-state index >= 15 is 0 Å². The van der Waals surface area contributed by atoms with Gasteiger partial charge in [-0.3, -0.25) is 0 Å². The summed E-state index contributed by atoms with van der Waals surface area (Å²) in [6.07, 6.45) is 12.5. The molecule has 28 heavy (non-hydrogen) atoms. The topological polar surface area (TPSA) is 31.4 Å². The summed E-state index contributed by atoms with van der Waals surface area (Å²) in [6, 6.07) is 2.26. The SMILES string of the molecule is C=C/C=C(\C=C/C)C(=C/C)/c1cc(C2CCN(C)CC2)[nH]c1N=C.CC.CC. The molecule has 3 nitrogen and oxygen atoms in total. The van der Waals surface area contributed by atoms with Crippen LogP contribution in [0.4, 0.5) is 5.82 Å². The Hall–Kier alpha value is -2.13. The molecule has 1 saturated heterocycles. The van der Waals surface area contributed by atoms with Gasteiger partial charge in [-0.25, -0.2) is 4.99 Å². The standard InChI is InChI=1S/C21H29N3.2C2H6/c1-6-9-16(10-7-2)18(8-3)19-15-20(23-21(19)22-4)17-11-13-24(5)14-12-17;2*1-2/h6-10,15,17,23H,1,4,11-14H2,2-3,5H3;2*1-2H3/b10-7-,16-9+,18-8-;;. The molecule has 0 unspecified atom stereocenters. The van der Waals surface area contributed by atoms with Crippen LogP contribution in [0.1, 0.15) is 71.6 Å². The van der Waals surface area contributed by atoms with Gasteiger partial charge in [0.25, 0.3) is 0 Å². The molecule has 3 heteroatoms. The molecule has 0 spiro atoms. The zero-order chi connectivity index (χ0) is 21.5. The molecule has 0 amide bonds. The number of likely N-dealkylation sites (tertiary alicyclic amines) is 1. The van der Waals surface area contributed by atoms with Crippen molar-refractivity contribution in [3.8, 4) is 0 Å². The summed E-state index contributed by atoms with van der Waals surface area (Å²) < 4.78 is 0. The molecule has 1 fully saturated rings. The Bertz CT molecular complexity index is 666. The second-order valence-corrected chi connectivity index (χ2v) is 6.28. The Kier molecular flexibility index (Phi) is 13.7. The maximum Gasteiger partial charge on any atom is 0.137 e. The Morgan fingerprint density at radius 2 is 1.79 bits per heavy atom. The second-order valence-electron chi connectivity index (χ2n) is 6.28. The largest absolute Gasteiger partial charge is 0.343 e. The zero-order valence-corrected chi connectivity index (χ0v) is 19.2. The van der Waals surface area contributed by atoms with Crippen molar-refractivity contribution in [3.05, 3.63) is 59.9 Å². The summed E-state index contributed by atoms with van der Waals surface area (Å²) in [5.41, 5.74) is 4.69. The van der Waals surface area contributed by atoms with Crippen LogP contribution in [0, 0.1) is 0 Å². The lowest BCUT2D eigenvalue weighted by Gasteiger charge is -2.28. The minimum atomic E-state index is 0.571. The molecule has 0 bridgehead atoms. The second kappa shape index (κ2) is 14.9. The van der Waals surface area contributed by atoms with Crippen LogP contribution in [0.3, 0.4) is 0 Å². The Balaban J connectivity index is 0.00000171. The van der Waals surface area contributed by atoms with Crippen LogP contribution in [-0.2, 0) is 0 Å². The Morgan fingerprint density at radius 3 is 2.25 bits per heavy atom. The van der Waals surface area contributed by atoms with Crippen LogP contribution in [0.25, 0.3) is 5.57 Å². The van der Waals surface area contributed by atoms with Crippen molar-refractivity contribution < 1.29 is 0 Å². The summed E-state index contributed by atoms with van der Waals surface area (Å²) in [5, 5.41) is 0. The van der Waals surface area contributed by atoms with Gasteiger partial charge in [0, 0.05) is 17.2 Å². The highest BCUT2D eigenvalue weighted by molar-refractivity contribution is 5.87. The van der Waals surface area contributed by atoms with E-state index < -0.39 is 0 Å². The molecule has 1 N–H and O–H groups in total. The van der Waals surface area contributed by atoms with Gasteiger partial charge in [0.2, 0.25) is 0 Å². The number of hydrogen-bond donors (Lipinski definition) is 1. The molecule has 2 heterocycles. The Labute approximate surface area is 173 Å². The molecular weight excluding hydrogens is 342 g/mol. The van der Waals surface area contributed by atoms with E-state index in [9.17, 15) is 0 Å². The third-order valence-corrected chi connectivity index (χ3v) is 4.67. The van der Waals surface area contributed by atoms with Crippen LogP contribution in [0.15, 0.2) is 53.6 Å². The number of aliphatic imine (C=N–C) groups is 1. The highest BCUT2D eigenvalue weighted by Crippen LogP contribution is 2.36. The molecule has 0 atom stereocenters. The average Bonchev–Trinajstić information content (AvgIpc) is 3.16. The van der Waals surface area contributed by atoms with Crippen molar-refractivity contribution in [2.75, 3.05) is 20.1 Å². The minimum Gasteiger partial charge on any atom is -0.343 e. The molecule has 1 aliphatic heterocycles. The molecular formula is C25H41N3. The first kappa shape index (κ1) is 25.9. The fourth-order valence-electron chi connectivity index (χ4n) is 3.35. The quantitative estimate of drug-likeness (QED) is 0.405. The van der Waals surface area contributed by atoms with Crippen molar-refractivity contribution >= 4 is 18.1 Å². The van der Waals surface area contributed by atoms with Gasteiger partial charge in [0.05, 0.1) is 0 Å². The van der Waals surface area contributed by atoms with E-state index in [0.717, 1.165) is 35.6 Å². The van der Waals surface area contributed by atoms with Crippen molar-refractivity contribution in [1.82, 2.24) is 9.88 Å². The number of H-pyrrole nitrogens is 1. The van der Waals surface area contributed by atoms with Gasteiger partial charge in [-0.2, -0.15) is 0 Å². The number of nitrogens with one attached hydrogen (secondary N) is 1. The van der Waals surface area contributed by atoms with E-state index in [4.69, 9.17) is 0 Å². The lowest BCUT2D eigenvalue weighted by molar-refractivity contribution is 0.253. The third-order valence-electron chi connectivity index (χ3n) is 4.67. The van der Waals surface area contributed by atoms with Gasteiger partial charge in [-0.1, -0.05) is 64.7 Å². The van der Waals surface area contributed by atoms with Crippen LogP contribution in [-0.4, -0.2) is 36.7 Å². The molecule has 2 rings (SSSR count). The van der Waals surface area contributed by atoms with Crippen LogP contribution in [0.2, 0.25) is 0 Å². The first-order valence-corrected chi connectivity index (χ1v) is 10.6. The van der Waals surface area contributed by atoms with Gasteiger partial charge in [0.15, 0.2) is 0 Å². The average molecular weight is 384 g/mol. The highest BCUT2D eigenvalue weighted by Gasteiger charge is 2.22. The van der Waals surface area contributed by atoms with Crippen molar-refractivity contribution in [3.63, 3.8) is 0 Å². The smallest absolute Gasteiger partial charge is 0.137 e. The molecule has 0 aromatic carbocycles. The van der Waals surface area contributed by atoms with E-state index in [1.54, 1.807) is 0 Å². The maximum atomic E-state index is 4.24. The van der Waals surface area contributed by atoms with Gasteiger partial charge >= 0.3 is 0 Å². The molecule has 0 radical (unpaired) electrons. The number of allylic oxidation sites excluding steroid dienone is 7. The number of piperidine rings is 1. The zero-order valence-electron chi connectivity index (χ0n) is 19.2. The molecule has 1 aliphatic rings. The summed E-state index contributed by atoms with van der Waals surface area (Å²) >= 11 is 0. The molecule has 1 aromatic heterocycles. The maximum absolute atomic E-state index is 4.24. The van der Waals surface area contributed by atoms with Crippen LogP contribution < -0.4 is 0 Å². The van der Waals surface area contributed by atoms with Crippen molar-refractivity contribution in [2.45, 2.75) is 60.3 Å². The normalized spacial score (nSPS) is 16.1. The number of hydrogen-bond acceptors (Lipinski definition) is 2. The van der Waals surface area contributed by atoms with E-state index in [-0.39, 0.29) is 0 Å². The number of aromatic nitrogens is 1. The number of rotatable bonds is 6. The first-order valence-electron chi connectivity index (χ1n) is 10.6. The first-order chi connectivity index (χ1) is 13.6. The minimum absolute atomic E-state index is 0.571. The van der Waals surface area contributed by atoms with Gasteiger partial charge in [0.1, 0.15) is 5.82 Å². The van der Waals surface area contributed by atoms with Gasteiger partial charge in [-0.15, -0.1) is 0 Å². The third kappa shape index (κ3) is 7.12. The van der Waals surface area contributed by atoms with E-state index in [2.05, 4.69) is 60.4 Å². The monoisotopic (exact) mass is 383 g/mol. The fourth-order valence-corrected chi connectivity index (χ4v) is 3.35. The highest BCUT2D eigenvalue weighted by atomic mass is 15.1. The van der Waals surface area contributed by atoms with Gasteiger partial charge < -0.3 is 9.88 Å². The van der Waals surface area contributed by atoms with Crippen LogP contribution in [0.5, 0.6) is 0 Å². The van der Waals surface area contributed by atoms with E-state index in [1.807, 2.05) is 52.8 Å². The van der Waals surface area contributed by atoms with E-state index in [1.165, 1.54) is 18.5 Å². The number of nitrogens with zero attached hydrogens (tertiary/aromatic N) is 2. The molecule has 0 saturated carbocycles. The number of aromatic amines is 1. The summed E-state index contributed by atoms with van der Waals surface area (Å²) in [7, 11) is 2.19. The van der Waals surface area contributed by atoms with Crippen molar-refractivity contribution in [2.24, 2.45) is 4.99 Å². The lowest BCUT2D eigenvalue weighted by Crippen LogP contribution is -2.29. The summed E-state index contributed by atoms with van der Waals surface area (Å²) in [6.45, 7) is 22.0. The van der Waals surface area contributed by atoms with Crippen LogP contribution >= 0.6 is 0 Å². The van der Waals surface area contributed by atoms with Gasteiger partial charge in [-0.05, 0) is 70.8 Å². The molecule has 156 valence electrons. The Morgan fingerprint density at radius 1 is 1.18 bits per heavy atom. The summed E-state index contributed by atoms with van der Waals surface area (Å²) in [5.74, 6) is 1.43. The summed E-state index contributed by atoms with van der Waals surface area (Å²) in [4.78, 5) is 10.1. The fraction of sp³-hybridized carbons (Fsp3) is 0.480. The molecule has 0 aliphatic carbocycles. The van der Waals surface area contributed by atoms with Crippen molar-refractivity contribution in [1.29, 1.82) is 0 Å². The molecule has 1 aromatic rings. The lowest BCUT2D eigenvalue weighted by atomic mass is 9.92. The van der Waals surface area contributed by atoms with E-state index in [0.29, 0.717) is 5.92 Å². The predicted molar refractivity (Wildman–Crippen MR) is 129 cm³/mol. The predicted octanol–water partition coefficient (Wildman–Crippen LogP) is 7.30.